The van der Waals surface area contributed by atoms with Crippen LogP contribution in [0.15, 0.2) is 96.6 Å². The molecule has 0 atom stereocenters. The lowest BCUT2D eigenvalue weighted by molar-refractivity contribution is -0.121. The molecular formula is C35H30IN3O6. The zero-order valence-electron chi connectivity index (χ0n) is 24.9. The van der Waals surface area contributed by atoms with Gasteiger partial charge < -0.3 is 14.8 Å². The zero-order chi connectivity index (χ0) is 32.1. The van der Waals surface area contributed by atoms with Gasteiger partial charge in [-0.25, -0.2) is 14.6 Å². The van der Waals surface area contributed by atoms with Crippen molar-refractivity contribution in [3.63, 3.8) is 0 Å². The number of imide groups is 2. The molecule has 4 aromatic carbocycles. The maximum Gasteiger partial charge on any atom is 0.343 e. The van der Waals surface area contributed by atoms with Gasteiger partial charge in [0.15, 0.2) is 18.1 Å². The fraction of sp³-hybridized carbons (Fsp3) is 0.143. The van der Waals surface area contributed by atoms with Crippen LogP contribution in [0.3, 0.4) is 0 Å². The highest BCUT2D eigenvalue weighted by molar-refractivity contribution is 14.1. The van der Waals surface area contributed by atoms with Gasteiger partial charge in [-0.3, -0.25) is 14.4 Å². The van der Waals surface area contributed by atoms with E-state index in [2.05, 4.69) is 27.9 Å². The molecule has 0 spiro atoms. The Kier molecular flexibility index (Phi) is 9.62. The summed E-state index contributed by atoms with van der Waals surface area (Å²) in [6, 6.07) is 25.1. The van der Waals surface area contributed by atoms with Crippen LogP contribution in [0.1, 0.15) is 23.6 Å². The van der Waals surface area contributed by atoms with Crippen molar-refractivity contribution in [2.45, 2.75) is 20.8 Å². The van der Waals surface area contributed by atoms with E-state index in [0.29, 0.717) is 44.3 Å². The molecule has 0 unspecified atom stereocenters. The lowest BCUT2D eigenvalue weighted by Gasteiger charge is -2.34. The molecule has 1 heterocycles. The molecule has 1 N–H and O–H groups in total. The fourth-order valence-electron chi connectivity index (χ4n) is 4.79. The Morgan fingerprint density at radius 2 is 1.42 bits per heavy atom. The Labute approximate surface area is 274 Å². The first-order chi connectivity index (χ1) is 21.7. The summed E-state index contributed by atoms with van der Waals surface area (Å²) in [7, 11) is 0. The van der Waals surface area contributed by atoms with Crippen LogP contribution >= 0.6 is 22.6 Å². The second-order valence-corrected chi connectivity index (χ2v) is 11.3. The molecule has 0 saturated carbocycles. The highest BCUT2D eigenvalue weighted by Crippen LogP contribution is 2.36. The minimum absolute atomic E-state index is 0.206. The Morgan fingerprint density at radius 1 is 0.822 bits per heavy atom. The number of carbonyl (C=O) groups is 4. The third kappa shape index (κ3) is 6.75. The number of benzene rings is 4. The topological polar surface area (TPSA) is 105 Å². The fourth-order valence-corrected chi connectivity index (χ4v) is 5.57. The number of aryl methyl sites for hydroxylation is 1. The van der Waals surface area contributed by atoms with Gasteiger partial charge in [0.25, 0.3) is 17.7 Å². The molecule has 1 aliphatic heterocycles. The first kappa shape index (κ1) is 31.5. The number of anilines is 3. The van der Waals surface area contributed by atoms with Gasteiger partial charge in [0.05, 0.1) is 21.6 Å². The summed E-state index contributed by atoms with van der Waals surface area (Å²) in [6.07, 6.45) is 1.44. The molecular weight excluding hydrogens is 685 g/mol. The summed E-state index contributed by atoms with van der Waals surface area (Å²) in [5.74, 6) is -1.15. The second-order valence-electron chi connectivity index (χ2n) is 10.1. The number of hydrogen-bond donors (Lipinski definition) is 1. The Bertz CT molecular complexity index is 1740. The zero-order valence-corrected chi connectivity index (χ0v) is 27.0. The molecule has 0 aliphatic carbocycles. The summed E-state index contributed by atoms with van der Waals surface area (Å²) in [6.45, 7) is 5.76. The lowest BCUT2D eigenvalue weighted by atomic mass is 10.0. The van der Waals surface area contributed by atoms with Crippen molar-refractivity contribution < 1.29 is 28.7 Å². The van der Waals surface area contributed by atoms with E-state index >= 15 is 0 Å². The van der Waals surface area contributed by atoms with Crippen LogP contribution < -0.4 is 24.6 Å². The normalized spacial score (nSPS) is 13.2. The highest BCUT2D eigenvalue weighted by atomic mass is 127. The molecule has 228 valence electrons. The van der Waals surface area contributed by atoms with Gasteiger partial charge in [0, 0.05) is 5.69 Å². The predicted molar refractivity (Wildman–Crippen MR) is 182 cm³/mol. The maximum atomic E-state index is 13.8. The molecule has 45 heavy (non-hydrogen) atoms. The van der Waals surface area contributed by atoms with E-state index in [-0.39, 0.29) is 18.1 Å². The van der Waals surface area contributed by atoms with E-state index in [1.54, 1.807) is 72.8 Å². The molecule has 10 heteroatoms. The van der Waals surface area contributed by atoms with E-state index in [1.165, 1.54) is 6.08 Å². The predicted octanol–water partition coefficient (Wildman–Crippen LogP) is 6.91. The minimum atomic E-state index is -0.771. The van der Waals surface area contributed by atoms with Crippen LogP contribution in [0.5, 0.6) is 11.5 Å². The van der Waals surface area contributed by atoms with Crippen LogP contribution in [0.4, 0.5) is 21.9 Å². The molecule has 0 radical (unpaired) electrons. The standard InChI is InChI=1S/C35H30IN3O6/c1-4-44-30-20-24(19-28(36)32(30)45-21-31(40)37-29-17-11-12-22(2)23(29)3)18-27-33(41)38(25-13-7-5-8-14-25)35(43)39(34(27)42)26-15-9-6-10-16-26/h5-20H,4,21H2,1-3H3,(H,37,40). The Morgan fingerprint density at radius 3 is 2.00 bits per heavy atom. The first-order valence-electron chi connectivity index (χ1n) is 14.2. The molecule has 0 bridgehead atoms. The van der Waals surface area contributed by atoms with Crippen LogP contribution in [0.2, 0.25) is 0 Å². The summed E-state index contributed by atoms with van der Waals surface area (Å²) in [4.78, 5) is 55.8. The van der Waals surface area contributed by atoms with Crippen LogP contribution in [-0.4, -0.2) is 37.0 Å². The van der Waals surface area contributed by atoms with Gasteiger partial charge in [-0.2, -0.15) is 0 Å². The Hall–Kier alpha value is -4.97. The van der Waals surface area contributed by atoms with E-state index in [1.807, 2.05) is 39.0 Å². The molecule has 1 saturated heterocycles. The van der Waals surface area contributed by atoms with E-state index < -0.39 is 17.8 Å². The number of amides is 5. The average molecular weight is 716 g/mol. The van der Waals surface area contributed by atoms with E-state index in [0.717, 1.165) is 20.9 Å². The van der Waals surface area contributed by atoms with Crippen LogP contribution in [-0.2, 0) is 14.4 Å². The number of rotatable bonds is 9. The molecule has 0 aromatic heterocycles. The van der Waals surface area contributed by atoms with Gasteiger partial charge in [-0.15, -0.1) is 0 Å². The summed E-state index contributed by atoms with van der Waals surface area (Å²) in [5, 5.41) is 2.88. The van der Waals surface area contributed by atoms with E-state index in [9.17, 15) is 19.2 Å². The third-order valence-corrected chi connectivity index (χ3v) is 7.95. The van der Waals surface area contributed by atoms with Gasteiger partial charge in [0.2, 0.25) is 0 Å². The molecule has 9 nitrogen and oxygen atoms in total. The van der Waals surface area contributed by atoms with Crippen LogP contribution in [0, 0.1) is 17.4 Å². The maximum absolute atomic E-state index is 13.8. The van der Waals surface area contributed by atoms with Crippen molar-refractivity contribution in [3.05, 3.63) is 117 Å². The number of halogens is 1. The summed E-state index contributed by atoms with van der Waals surface area (Å²) in [5.41, 5.74) is 3.67. The highest BCUT2D eigenvalue weighted by Gasteiger charge is 2.43. The van der Waals surface area contributed by atoms with Crippen LogP contribution in [0.25, 0.3) is 6.08 Å². The van der Waals surface area contributed by atoms with Gasteiger partial charge in [-0.05, 0) is 109 Å². The number of ether oxygens (including phenoxy) is 2. The molecule has 1 aliphatic rings. The number of nitrogens with one attached hydrogen (secondary N) is 1. The monoisotopic (exact) mass is 715 g/mol. The van der Waals surface area contributed by atoms with Gasteiger partial charge >= 0.3 is 6.03 Å². The average Bonchev–Trinajstić information content (AvgIpc) is 3.02. The van der Waals surface area contributed by atoms with Crippen molar-refractivity contribution in [2.24, 2.45) is 0 Å². The molecule has 1 fully saturated rings. The quantitative estimate of drug-likeness (QED) is 0.115. The lowest BCUT2D eigenvalue weighted by Crippen LogP contribution is -2.57. The third-order valence-electron chi connectivity index (χ3n) is 7.15. The number of nitrogens with zero attached hydrogens (tertiary/aromatic N) is 2. The molecule has 4 aromatic rings. The van der Waals surface area contributed by atoms with E-state index in [4.69, 9.17) is 9.47 Å². The summed E-state index contributed by atoms with van der Waals surface area (Å²) < 4.78 is 12.4. The van der Waals surface area contributed by atoms with Crippen molar-refractivity contribution in [2.75, 3.05) is 28.3 Å². The minimum Gasteiger partial charge on any atom is -0.490 e. The second kappa shape index (κ2) is 13.8. The van der Waals surface area contributed by atoms with Crippen molar-refractivity contribution in [3.8, 4) is 11.5 Å². The first-order valence-corrected chi connectivity index (χ1v) is 15.3. The van der Waals surface area contributed by atoms with Crippen molar-refractivity contribution in [1.82, 2.24) is 0 Å². The SMILES string of the molecule is CCOc1cc(C=C2C(=O)N(c3ccccc3)C(=O)N(c3ccccc3)C2=O)cc(I)c1OCC(=O)Nc1cccc(C)c1C. The Balaban J connectivity index is 1.47. The molecule has 5 rings (SSSR count). The smallest absolute Gasteiger partial charge is 0.343 e. The number of urea groups is 1. The van der Waals surface area contributed by atoms with Gasteiger partial charge in [-0.1, -0.05) is 48.5 Å². The number of barbiturate groups is 1. The number of carbonyl (C=O) groups excluding carboxylic acids is 4. The largest absolute Gasteiger partial charge is 0.490 e. The van der Waals surface area contributed by atoms with Crippen molar-refractivity contribution in [1.29, 1.82) is 0 Å². The summed E-state index contributed by atoms with van der Waals surface area (Å²) >= 11 is 2.06. The van der Waals surface area contributed by atoms with Crippen molar-refractivity contribution >= 4 is 69.5 Å². The van der Waals surface area contributed by atoms with Gasteiger partial charge in [0.1, 0.15) is 5.57 Å². The number of hydrogen-bond acceptors (Lipinski definition) is 6. The number of para-hydroxylation sites is 2. The molecule has 5 amide bonds.